The third kappa shape index (κ3) is 61.4. The summed E-state index contributed by atoms with van der Waals surface area (Å²) in [5.74, 6) is 0. The van der Waals surface area contributed by atoms with E-state index < -0.39 is 0 Å². The van der Waals surface area contributed by atoms with Gasteiger partial charge in [-0.3, -0.25) is 0 Å². The maximum absolute atomic E-state index is 7.57. The first-order valence-corrected chi connectivity index (χ1v) is 10.9. The van der Waals surface area contributed by atoms with Crippen molar-refractivity contribution >= 4 is 0 Å². The van der Waals surface area contributed by atoms with Gasteiger partial charge in [-0.05, 0) is 80.6 Å². The average Bonchev–Trinajstić information content (AvgIpc) is 3.32. The van der Waals surface area contributed by atoms with E-state index in [1.54, 1.807) is 0 Å². The van der Waals surface area contributed by atoms with Crippen LogP contribution in [0.15, 0.2) is 0 Å². The third-order valence-electron chi connectivity index (χ3n) is 1.77. The Balaban J connectivity index is 3.06. The Hall–Kier alpha value is -2.56. The molecule has 0 radical (unpaired) electrons. The fraction of sp³-hybridized carbons (Fsp3) is 1.00. The van der Waals surface area contributed by atoms with Gasteiger partial charge in [-0.2, -0.15) is 0 Å². The molecule has 0 saturated carbocycles. The second kappa shape index (κ2) is 61.4. The maximum Gasteiger partial charge on any atom is 0.0745 e. The number of hydrogen-bond donors (Lipinski definition) is 1. The lowest BCUT2D eigenvalue weighted by Crippen LogP contribution is -2.07. The molecular weight excluding hydrogens is 1040 g/mol. The van der Waals surface area contributed by atoms with Crippen LogP contribution in [-0.4, -0.2) is 12.4 Å². The quantitative estimate of drug-likeness (QED) is 0.0343. The highest BCUT2D eigenvalue weighted by Crippen LogP contribution is 1.99. The molecule has 0 atom stereocenters. The van der Waals surface area contributed by atoms with Gasteiger partial charge in [0.2, 0.25) is 0 Å². The van der Waals surface area contributed by atoms with E-state index >= 15 is 0 Å². The summed E-state index contributed by atoms with van der Waals surface area (Å²) in [5.41, 5.74) is 0. The summed E-state index contributed by atoms with van der Waals surface area (Å²) in [6.07, 6.45) is 0. The van der Waals surface area contributed by atoms with E-state index in [4.69, 9.17) is 5.26 Å². The molecule has 64 nitrogen and oxygen atoms in total. The minimum Gasteiger partial charge on any atom is -0.219 e. The first kappa shape index (κ1) is 62.4. The molecule has 0 aromatic carbocycles. The maximum atomic E-state index is 7.57. The molecule has 0 bridgehead atoms. The molecular formula is CH4O64. The lowest BCUT2D eigenvalue weighted by molar-refractivity contribution is -0.912. The van der Waals surface area contributed by atoms with Crippen LogP contribution in [0.4, 0.5) is 0 Å². The Kier molecular flexibility index (Phi) is 59.0. The Bertz CT molecular complexity index is 699. The lowest BCUT2D eigenvalue weighted by atomic mass is 11.8. The predicted molar refractivity (Wildman–Crippen MR) is 76.9 cm³/mol. The van der Waals surface area contributed by atoms with E-state index in [0.29, 0.717) is 0 Å². The van der Waals surface area contributed by atoms with Gasteiger partial charge in [0.15, 0.2) is 0 Å². The minimum atomic E-state index is 1.05. The van der Waals surface area contributed by atoms with Gasteiger partial charge in [-0.1, -0.05) is 0 Å². The van der Waals surface area contributed by atoms with Gasteiger partial charge in [0, 0.05) is 232 Å². The molecule has 0 aromatic rings. The number of hydrogen-bond acceptors (Lipinski definition) is 64. The van der Waals surface area contributed by atoms with Crippen LogP contribution in [0, 0.1) is 0 Å². The van der Waals surface area contributed by atoms with E-state index in [1.807, 2.05) is 0 Å². The van der Waals surface area contributed by atoms with Gasteiger partial charge in [0.1, 0.15) is 0 Å². The molecule has 0 heterocycles. The van der Waals surface area contributed by atoms with E-state index in [2.05, 4.69) is 317 Å². The van der Waals surface area contributed by atoms with Crippen molar-refractivity contribution in [1.82, 2.24) is 0 Å². The smallest absolute Gasteiger partial charge is 0.0745 e. The van der Waals surface area contributed by atoms with Crippen molar-refractivity contribution in [3.05, 3.63) is 0 Å². The lowest BCUT2D eigenvalue weighted by Gasteiger charge is -2.00. The fourth-order valence-electron chi connectivity index (χ4n) is 0.709. The van der Waals surface area contributed by atoms with Crippen LogP contribution in [0.3, 0.4) is 0 Å². The molecule has 0 aromatic heterocycles. The van der Waals surface area contributed by atoms with Crippen LogP contribution in [0.5, 0.6) is 0 Å². The van der Waals surface area contributed by atoms with Crippen molar-refractivity contribution in [3.63, 3.8) is 0 Å². The van der Waals surface area contributed by atoms with Crippen molar-refractivity contribution in [2.45, 2.75) is 0 Å². The van der Waals surface area contributed by atoms with Gasteiger partial charge >= 0.3 is 0 Å². The van der Waals surface area contributed by atoms with Crippen LogP contribution >= 0.6 is 0 Å². The van der Waals surface area contributed by atoms with Crippen molar-refractivity contribution in [2.75, 3.05) is 7.11 Å². The zero-order chi connectivity index (χ0) is 46.5. The van der Waals surface area contributed by atoms with E-state index in [0.717, 1.165) is 7.11 Å². The minimum absolute atomic E-state index is 1.05. The van der Waals surface area contributed by atoms with Gasteiger partial charge < -0.3 is 0 Å². The molecule has 0 amide bonds. The first-order valence-electron chi connectivity index (χ1n) is 10.9. The second-order valence-corrected chi connectivity index (χ2v) is 4.39. The molecule has 0 spiro atoms. The molecule has 0 rings (SSSR count). The topological polar surface area (TPSA) is 602 Å². The highest BCUT2D eigenvalue weighted by Gasteiger charge is 2.05. The van der Waals surface area contributed by atoms with Gasteiger partial charge in [-0.25, -0.2) is 10.1 Å². The van der Waals surface area contributed by atoms with Gasteiger partial charge in [0.25, 0.3) is 0 Å². The van der Waals surface area contributed by atoms with Gasteiger partial charge in [0.05, 0.1) is 7.11 Å². The molecule has 392 valence electrons. The van der Waals surface area contributed by atoms with Crippen LogP contribution in [0.2, 0.25) is 0 Å². The Morgan fingerprint density at radius 3 is 0.277 bits per heavy atom. The van der Waals surface area contributed by atoms with E-state index in [-0.39, 0.29) is 0 Å². The van der Waals surface area contributed by atoms with E-state index in [9.17, 15) is 0 Å². The molecule has 0 aliphatic heterocycles. The predicted octanol–water partition coefficient (Wildman–Crippen LogP) is -4.13. The molecule has 0 unspecified atom stereocenters. The zero-order valence-corrected chi connectivity index (χ0v) is 27.2. The first-order chi connectivity index (χ1) is 32.4. The average molecular weight is 1040 g/mol. The highest BCUT2D eigenvalue weighted by molar-refractivity contribution is 3.36. The van der Waals surface area contributed by atoms with Crippen molar-refractivity contribution in [1.29, 1.82) is 0 Å². The molecule has 65 heavy (non-hydrogen) atoms. The second-order valence-electron chi connectivity index (χ2n) is 4.39. The van der Waals surface area contributed by atoms with Gasteiger partial charge in [-0.15, -0.1) is 0 Å². The van der Waals surface area contributed by atoms with Crippen LogP contribution < -0.4 is 0 Å². The van der Waals surface area contributed by atoms with Crippen molar-refractivity contribution in [2.24, 2.45) is 0 Å². The van der Waals surface area contributed by atoms with Crippen LogP contribution in [-0.2, 0) is 317 Å². The fourth-order valence-corrected chi connectivity index (χ4v) is 0.709. The molecule has 0 aliphatic carbocycles. The highest BCUT2D eigenvalue weighted by atomic mass is 18.1. The molecule has 1 N–H and O–H groups in total. The van der Waals surface area contributed by atoms with Crippen molar-refractivity contribution < 1.29 is 323 Å². The Morgan fingerprint density at radius 1 is 0.123 bits per heavy atom. The van der Waals surface area contributed by atoms with Crippen LogP contribution in [0.1, 0.15) is 0 Å². The molecule has 64 heteroatoms. The summed E-state index contributed by atoms with van der Waals surface area (Å²) in [4.78, 5) is 3.87. The molecule has 0 aliphatic rings. The van der Waals surface area contributed by atoms with Crippen molar-refractivity contribution in [3.8, 4) is 0 Å². The van der Waals surface area contributed by atoms with E-state index in [1.165, 1.54) is 0 Å². The summed E-state index contributed by atoms with van der Waals surface area (Å²) in [6.45, 7) is 0. The van der Waals surface area contributed by atoms with Crippen LogP contribution in [0.25, 0.3) is 0 Å². The standard InChI is InChI=1S/CH4O64/c1-3-5-7-9-11-13-15-17-19-21-23-25-27-29-31-33-35-37-39-41-43-45-47-49-51-53-55-57-59-61-63-65-64-62-60-58-56-54-52-50-48-46-44-42-40-38-36-34-32-30-28-26-24-22-20-18-16-14-12-10-8-6-4-2/h2H,1H3. The third-order valence-corrected chi connectivity index (χ3v) is 1.77. The summed E-state index contributed by atoms with van der Waals surface area (Å²) in [5, 5.41) is 224. The summed E-state index contributed by atoms with van der Waals surface area (Å²) in [7, 11) is 1.05. The zero-order valence-electron chi connectivity index (χ0n) is 27.2. The summed E-state index contributed by atoms with van der Waals surface area (Å²) in [6, 6.07) is 0. The number of rotatable bonds is 62. The summed E-state index contributed by atoms with van der Waals surface area (Å²) < 4.78 is 0. The normalized spacial score (nSPS) is 11.7. The monoisotopic (exact) mass is 1040 g/mol. The molecule has 0 saturated heterocycles. The Morgan fingerprint density at radius 2 is 0.200 bits per heavy atom. The Labute approximate surface area is 331 Å². The molecule has 0 fully saturated rings. The SMILES string of the molecule is COOOOOOOOOOOOOOOOOOOOOOOOOOOOOOOOOOOOOOOOOOOOOOOOOOOOOOOOOOOOOOOO. The summed E-state index contributed by atoms with van der Waals surface area (Å²) >= 11 is 0. The largest absolute Gasteiger partial charge is 0.219 e.